The minimum absolute atomic E-state index is 0.447. The van der Waals surface area contributed by atoms with Gasteiger partial charge >= 0.3 is 0 Å². The van der Waals surface area contributed by atoms with Gasteiger partial charge in [0.2, 0.25) is 0 Å². The standard InChI is InChI=1S/C6H13NO2S2/c1-10-3-5(7-9)6(8)4-11-2/h5-6,8H,3-4H2,1-2H3. The molecule has 2 unspecified atom stereocenters. The van der Waals surface area contributed by atoms with Crippen LogP contribution >= 0.6 is 23.5 Å². The number of nitrogens with zero attached hydrogens (tertiary/aromatic N) is 1. The van der Waals surface area contributed by atoms with Crippen LogP contribution in [0.25, 0.3) is 0 Å². The Labute approximate surface area is 75.3 Å². The number of thioether (sulfide) groups is 2. The summed E-state index contributed by atoms with van der Waals surface area (Å²) in [6.45, 7) is 0. The lowest BCUT2D eigenvalue weighted by Gasteiger charge is -2.13. The molecule has 0 rings (SSSR count). The minimum Gasteiger partial charge on any atom is -0.390 e. The molecule has 0 aromatic heterocycles. The number of nitroso groups, excluding NO2 is 1. The smallest absolute Gasteiger partial charge is 0.127 e. The summed E-state index contributed by atoms with van der Waals surface area (Å²) in [7, 11) is 0. The molecule has 66 valence electrons. The molecular formula is C6H13NO2S2. The fourth-order valence-electron chi connectivity index (χ4n) is 0.664. The number of aliphatic hydroxyl groups excluding tert-OH is 1. The lowest BCUT2D eigenvalue weighted by atomic mass is 10.2. The van der Waals surface area contributed by atoms with Gasteiger partial charge in [-0.1, -0.05) is 5.18 Å². The van der Waals surface area contributed by atoms with Crippen molar-refractivity contribution < 1.29 is 5.11 Å². The highest BCUT2D eigenvalue weighted by Crippen LogP contribution is 2.09. The maximum atomic E-state index is 10.2. The van der Waals surface area contributed by atoms with E-state index in [1.807, 2.05) is 12.5 Å². The molecule has 11 heavy (non-hydrogen) atoms. The monoisotopic (exact) mass is 195 g/mol. The van der Waals surface area contributed by atoms with Crippen LogP contribution in [0.2, 0.25) is 0 Å². The second kappa shape index (κ2) is 6.94. The molecule has 1 N–H and O–H groups in total. The van der Waals surface area contributed by atoms with E-state index in [9.17, 15) is 10.0 Å². The molecule has 2 atom stereocenters. The van der Waals surface area contributed by atoms with Crippen LogP contribution in [0.5, 0.6) is 0 Å². The zero-order valence-corrected chi connectivity index (χ0v) is 8.32. The quantitative estimate of drug-likeness (QED) is 0.647. The molecule has 0 aliphatic heterocycles. The molecule has 0 radical (unpaired) electrons. The van der Waals surface area contributed by atoms with Gasteiger partial charge in [-0.2, -0.15) is 28.4 Å². The summed E-state index contributed by atoms with van der Waals surface area (Å²) in [6, 6.07) is -0.447. The molecule has 0 aromatic rings. The summed E-state index contributed by atoms with van der Waals surface area (Å²) in [4.78, 5) is 10.2. The van der Waals surface area contributed by atoms with Gasteiger partial charge < -0.3 is 5.11 Å². The van der Waals surface area contributed by atoms with Crippen molar-refractivity contribution in [3.8, 4) is 0 Å². The Morgan fingerprint density at radius 3 is 2.27 bits per heavy atom. The van der Waals surface area contributed by atoms with E-state index in [1.54, 1.807) is 0 Å². The van der Waals surface area contributed by atoms with Gasteiger partial charge in [-0.3, -0.25) is 0 Å². The van der Waals surface area contributed by atoms with E-state index in [1.165, 1.54) is 23.5 Å². The molecule has 0 fully saturated rings. The summed E-state index contributed by atoms with van der Waals surface area (Å²) < 4.78 is 0. The molecule has 0 aromatic carbocycles. The lowest BCUT2D eigenvalue weighted by molar-refractivity contribution is 0.177. The maximum Gasteiger partial charge on any atom is 0.127 e. The van der Waals surface area contributed by atoms with E-state index >= 15 is 0 Å². The number of hydrogen-bond acceptors (Lipinski definition) is 5. The highest BCUT2D eigenvalue weighted by molar-refractivity contribution is 7.98. The van der Waals surface area contributed by atoms with E-state index in [-0.39, 0.29) is 0 Å². The van der Waals surface area contributed by atoms with Crippen molar-refractivity contribution in [3.63, 3.8) is 0 Å². The van der Waals surface area contributed by atoms with Crippen LogP contribution in [0.1, 0.15) is 0 Å². The van der Waals surface area contributed by atoms with E-state index in [0.29, 0.717) is 11.5 Å². The molecule has 5 heteroatoms. The van der Waals surface area contributed by atoms with Gasteiger partial charge in [-0.15, -0.1) is 0 Å². The summed E-state index contributed by atoms with van der Waals surface area (Å²) in [6.07, 6.45) is 3.20. The summed E-state index contributed by atoms with van der Waals surface area (Å²) in [5.41, 5.74) is 0. The molecule has 0 bridgehead atoms. The Kier molecular flexibility index (Phi) is 7.10. The van der Waals surface area contributed by atoms with Crippen molar-refractivity contribution in [1.82, 2.24) is 0 Å². The molecule has 0 amide bonds. The van der Waals surface area contributed by atoms with Crippen molar-refractivity contribution in [2.24, 2.45) is 5.18 Å². The number of hydrogen-bond donors (Lipinski definition) is 1. The Morgan fingerprint density at radius 1 is 1.36 bits per heavy atom. The topological polar surface area (TPSA) is 49.7 Å². The Balaban J connectivity index is 3.70. The number of rotatable bonds is 6. The number of aliphatic hydroxyl groups is 1. The van der Waals surface area contributed by atoms with Crippen molar-refractivity contribution in [1.29, 1.82) is 0 Å². The average molecular weight is 195 g/mol. The summed E-state index contributed by atoms with van der Waals surface area (Å²) >= 11 is 3.05. The third-order valence-corrected chi connectivity index (χ3v) is 2.60. The predicted octanol–water partition coefficient (Wildman–Crippen LogP) is 1.21. The average Bonchev–Trinajstić information content (AvgIpc) is 2.00. The second-order valence-corrected chi connectivity index (χ2v) is 3.97. The van der Waals surface area contributed by atoms with E-state index in [4.69, 9.17) is 0 Å². The fourth-order valence-corrected chi connectivity index (χ4v) is 1.85. The fraction of sp³-hybridized carbons (Fsp3) is 1.00. The lowest BCUT2D eigenvalue weighted by Crippen LogP contribution is -2.28. The van der Waals surface area contributed by atoms with Gasteiger partial charge in [0.05, 0.1) is 6.10 Å². The van der Waals surface area contributed by atoms with Crippen LogP contribution in [-0.2, 0) is 0 Å². The van der Waals surface area contributed by atoms with Gasteiger partial charge in [-0.05, 0) is 12.5 Å². The Hall–Kier alpha value is 0.260. The minimum atomic E-state index is -0.588. The Morgan fingerprint density at radius 2 is 1.91 bits per heavy atom. The third kappa shape index (κ3) is 4.66. The zero-order chi connectivity index (χ0) is 8.69. The molecular weight excluding hydrogens is 182 g/mol. The third-order valence-electron chi connectivity index (χ3n) is 1.25. The van der Waals surface area contributed by atoms with Gasteiger partial charge in [0.1, 0.15) is 6.04 Å². The molecule has 0 spiro atoms. The molecule has 0 saturated heterocycles. The van der Waals surface area contributed by atoms with E-state index < -0.39 is 12.1 Å². The first-order valence-corrected chi connectivity index (χ1v) is 6.03. The van der Waals surface area contributed by atoms with E-state index in [0.717, 1.165) is 0 Å². The first kappa shape index (κ1) is 11.3. The zero-order valence-electron chi connectivity index (χ0n) is 6.69. The maximum absolute atomic E-state index is 10.2. The van der Waals surface area contributed by atoms with Crippen molar-refractivity contribution in [2.75, 3.05) is 24.0 Å². The van der Waals surface area contributed by atoms with Gasteiger partial charge in [0, 0.05) is 11.5 Å². The van der Waals surface area contributed by atoms with Crippen LogP contribution in [0.15, 0.2) is 5.18 Å². The van der Waals surface area contributed by atoms with Crippen LogP contribution in [0, 0.1) is 4.91 Å². The van der Waals surface area contributed by atoms with Crippen molar-refractivity contribution in [3.05, 3.63) is 4.91 Å². The largest absolute Gasteiger partial charge is 0.390 e. The Bertz CT molecular complexity index is 113. The van der Waals surface area contributed by atoms with Crippen LogP contribution in [-0.4, -0.2) is 41.3 Å². The van der Waals surface area contributed by atoms with Crippen molar-refractivity contribution >= 4 is 23.5 Å². The molecule has 3 nitrogen and oxygen atoms in total. The first-order valence-electron chi connectivity index (χ1n) is 3.24. The molecule has 0 aliphatic carbocycles. The van der Waals surface area contributed by atoms with Crippen LogP contribution in [0.4, 0.5) is 0 Å². The predicted molar refractivity (Wildman–Crippen MR) is 52.4 cm³/mol. The second-order valence-electron chi connectivity index (χ2n) is 2.15. The van der Waals surface area contributed by atoms with Crippen molar-refractivity contribution in [2.45, 2.75) is 12.1 Å². The normalized spacial score (nSPS) is 15.9. The van der Waals surface area contributed by atoms with Gasteiger partial charge in [0.25, 0.3) is 0 Å². The molecule has 0 aliphatic rings. The highest BCUT2D eigenvalue weighted by Gasteiger charge is 2.18. The van der Waals surface area contributed by atoms with Gasteiger partial charge in [0.15, 0.2) is 0 Å². The van der Waals surface area contributed by atoms with Crippen LogP contribution in [0.3, 0.4) is 0 Å². The summed E-state index contributed by atoms with van der Waals surface area (Å²) in [5.74, 6) is 1.18. The molecule has 0 saturated carbocycles. The first-order chi connectivity index (χ1) is 5.26. The highest BCUT2D eigenvalue weighted by atomic mass is 32.2. The van der Waals surface area contributed by atoms with E-state index in [2.05, 4.69) is 5.18 Å². The van der Waals surface area contributed by atoms with Crippen LogP contribution < -0.4 is 0 Å². The van der Waals surface area contributed by atoms with Gasteiger partial charge in [-0.25, -0.2) is 0 Å². The summed E-state index contributed by atoms with van der Waals surface area (Å²) in [5, 5.41) is 12.2. The SMILES string of the molecule is CSCC(O)C(CSC)N=O. The molecule has 0 heterocycles.